The molecule has 0 aliphatic carbocycles. The third-order valence-electron chi connectivity index (χ3n) is 10.1. The molecular formula is C43H89N. The molecule has 0 spiro atoms. The summed E-state index contributed by atoms with van der Waals surface area (Å²) in [5, 5.41) is 0. The van der Waals surface area contributed by atoms with Crippen LogP contribution in [0.1, 0.15) is 247 Å². The topological polar surface area (TPSA) is 3.24 Å². The van der Waals surface area contributed by atoms with Gasteiger partial charge in [0.2, 0.25) is 0 Å². The Kier molecular flexibility index (Phi) is 37.4. The van der Waals surface area contributed by atoms with Gasteiger partial charge in [0, 0.05) is 0 Å². The summed E-state index contributed by atoms with van der Waals surface area (Å²) >= 11 is 0. The first-order valence-electron chi connectivity index (χ1n) is 21.3. The Bertz CT molecular complexity index is 465. The van der Waals surface area contributed by atoms with Crippen molar-refractivity contribution in [1.29, 1.82) is 0 Å². The Morgan fingerprint density at radius 3 is 0.705 bits per heavy atom. The van der Waals surface area contributed by atoms with Crippen molar-refractivity contribution in [3.05, 3.63) is 0 Å². The maximum absolute atomic E-state index is 2.86. The highest BCUT2D eigenvalue weighted by Crippen LogP contribution is 2.16. The van der Waals surface area contributed by atoms with Crippen LogP contribution in [-0.2, 0) is 0 Å². The van der Waals surface area contributed by atoms with Gasteiger partial charge in [-0.15, -0.1) is 0 Å². The Morgan fingerprint density at radius 1 is 0.273 bits per heavy atom. The average molecular weight is 620 g/mol. The molecule has 0 aliphatic rings. The largest absolute Gasteiger partial charge is 0.303 e. The van der Waals surface area contributed by atoms with E-state index in [0.29, 0.717) is 0 Å². The number of hydrogen-bond donors (Lipinski definition) is 0. The standard InChI is InChI=1S/C43H89N/c1-6-7-8-9-10-11-14-19-24-29-34-39-44(40-35-30-25-20-15-12-17-22-27-32-37-42(2)3)41-36-31-26-21-16-13-18-23-28-33-38-43(4)5/h42-43H,6-41H2,1-5H3. The second-order valence-corrected chi connectivity index (χ2v) is 15.8. The van der Waals surface area contributed by atoms with Gasteiger partial charge < -0.3 is 4.90 Å². The van der Waals surface area contributed by atoms with Crippen molar-refractivity contribution in [2.75, 3.05) is 19.6 Å². The third-order valence-corrected chi connectivity index (χ3v) is 10.1. The molecule has 0 amide bonds. The molecule has 0 aliphatic heterocycles. The molecule has 0 radical (unpaired) electrons. The van der Waals surface area contributed by atoms with Crippen LogP contribution in [0, 0.1) is 11.8 Å². The maximum atomic E-state index is 2.86. The summed E-state index contributed by atoms with van der Waals surface area (Å²) in [6.45, 7) is 15.8. The highest BCUT2D eigenvalue weighted by atomic mass is 15.1. The minimum absolute atomic E-state index is 0.888. The predicted octanol–water partition coefficient (Wildman–Crippen LogP) is 15.5. The van der Waals surface area contributed by atoms with Gasteiger partial charge in [-0.05, 0) is 50.7 Å². The monoisotopic (exact) mass is 620 g/mol. The summed E-state index contributed by atoms with van der Waals surface area (Å²) < 4.78 is 0. The van der Waals surface area contributed by atoms with Crippen molar-refractivity contribution in [1.82, 2.24) is 4.90 Å². The van der Waals surface area contributed by atoms with E-state index in [9.17, 15) is 0 Å². The fourth-order valence-electron chi connectivity index (χ4n) is 6.94. The predicted molar refractivity (Wildman–Crippen MR) is 204 cm³/mol. The van der Waals surface area contributed by atoms with Crippen LogP contribution in [0.3, 0.4) is 0 Å². The fraction of sp³-hybridized carbons (Fsp3) is 1.00. The molecular weight excluding hydrogens is 530 g/mol. The molecule has 1 nitrogen and oxygen atoms in total. The highest BCUT2D eigenvalue weighted by molar-refractivity contribution is 4.61. The van der Waals surface area contributed by atoms with Gasteiger partial charge in [-0.25, -0.2) is 0 Å². The van der Waals surface area contributed by atoms with Crippen molar-refractivity contribution >= 4 is 0 Å². The summed E-state index contributed by atoms with van der Waals surface area (Å²) in [4.78, 5) is 2.86. The van der Waals surface area contributed by atoms with E-state index in [4.69, 9.17) is 0 Å². The first kappa shape index (κ1) is 44.0. The molecule has 266 valence electrons. The van der Waals surface area contributed by atoms with Crippen LogP contribution >= 0.6 is 0 Å². The lowest BCUT2D eigenvalue weighted by Gasteiger charge is -2.22. The minimum Gasteiger partial charge on any atom is -0.303 e. The van der Waals surface area contributed by atoms with Gasteiger partial charge in [0.1, 0.15) is 0 Å². The van der Waals surface area contributed by atoms with Crippen LogP contribution < -0.4 is 0 Å². The molecule has 0 N–H and O–H groups in total. The molecule has 0 saturated heterocycles. The number of hydrogen-bond acceptors (Lipinski definition) is 1. The highest BCUT2D eigenvalue weighted by Gasteiger charge is 2.05. The number of rotatable bonds is 38. The molecule has 0 aromatic carbocycles. The summed E-state index contributed by atoms with van der Waals surface area (Å²) in [6.07, 6.45) is 48.2. The lowest BCUT2D eigenvalue weighted by molar-refractivity contribution is 0.254. The van der Waals surface area contributed by atoms with Crippen LogP contribution in [0.2, 0.25) is 0 Å². The van der Waals surface area contributed by atoms with E-state index < -0.39 is 0 Å². The van der Waals surface area contributed by atoms with Gasteiger partial charge in [-0.2, -0.15) is 0 Å². The molecule has 0 aromatic heterocycles. The fourth-order valence-corrected chi connectivity index (χ4v) is 6.94. The van der Waals surface area contributed by atoms with E-state index in [1.807, 2.05) is 0 Å². The minimum atomic E-state index is 0.888. The third kappa shape index (κ3) is 38.1. The Labute approximate surface area is 282 Å². The molecule has 44 heavy (non-hydrogen) atoms. The molecule has 0 saturated carbocycles. The van der Waals surface area contributed by atoms with E-state index in [-0.39, 0.29) is 0 Å². The van der Waals surface area contributed by atoms with E-state index in [2.05, 4.69) is 39.5 Å². The molecule has 1 heteroatoms. The zero-order valence-corrected chi connectivity index (χ0v) is 32.1. The van der Waals surface area contributed by atoms with Gasteiger partial charge in [-0.1, -0.05) is 227 Å². The Morgan fingerprint density at radius 2 is 0.477 bits per heavy atom. The first-order valence-corrected chi connectivity index (χ1v) is 21.3. The number of nitrogens with zero attached hydrogens (tertiary/aromatic N) is 1. The Balaban J connectivity index is 3.92. The van der Waals surface area contributed by atoms with Crippen molar-refractivity contribution in [3.63, 3.8) is 0 Å². The molecule has 0 unspecified atom stereocenters. The molecule has 0 bridgehead atoms. The number of unbranched alkanes of at least 4 members (excludes halogenated alkanes) is 28. The average Bonchev–Trinajstić information content (AvgIpc) is 3.00. The molecule has 0 fully saturated rings. The lowest BCUT2D eigenvalue weighted by atomic mass is 10.0. The van der Waals surface area contributed by atoms with Gasteiger partial charge in [0.15, 0.2) is 0 Å². The van der Waals surface area contributed by atoms with E-state index in [0.717, 1.165) is 11.8 Å². The molecule has 0 rings (SSSR count). The second kappa shape index (κ2) is 37.4. The summed E-state index contributed by atoms with van der Waals surface area (Å²) in [7, 11) is 0. The van der Waals surface area contributed by atoms with Crippen LogP contribution in [0.15, 0.2) is 0 Å². The summed E-state index contributed by atoms with van der Waals surface area (Å²) in [6, 6.07) is 0. The van der Waals surface area contributed by atoms with Gasteiger partial charge in [0.05, 0.1) is 0 Å². The molecule has 0 atom stereocenters. The van der Waals surface area contributed by atoms with Gasteiger partial charge in [-0.3, -0.25) is 0 Å². The van der Waals surface area contributed by atoms with E-state index in [1.165, 1.54) is 232 Å². The SMILES string of the molecule is CCCCCCCCCCCCCN(CCCCCCCCCCCCC(C)C)CCCCCCCCCCCCC(C)C. The molecule has 0 aromatic rings. The molecule has 0 heterocycles. The zero-order chi connectivity index (χ0) is 32.2. The van der Waals surface area contributed by atoms with Gasteiger partial charge >= 0.3 is 0 Å². The quantitative estimate of drug-likeness (QED) is 0.0621. The second-order valence-electron chi connectivity index (χ2n) is 15.8. The smallest absolute Gasteiger partial charge is 0.00187 e. The van der Waals surface area contributed by atoms with E-state index in [1.54, 1.807) is 0 Å². The van der Waals surface area contributed by atoms with Gasteiger partial charge in [0.25, 0.3) is 0 Å². The van der Waals surface area contributed by atoms with E-state index >= 15 is 0 Å². The van der Waals surface area contributed by atoms with Crippen LogP contribution in [0.5, 0.6) is 0 Å². The van der Waals surface area contributed by atoms with Crippen LogP contribution in [0.25, 0.3) is 0 Å². The van der Waals surface area contributed by atoms with Crippen LogP contribution in [-0.4, -0.2) is 24.5 Å². The summed E-state index contributed by atoms with van der Waals surface area (Å²) in [5.41, 5.74) is 0. The van der Waals surface area contributed by atoms with Crippen molar-refractivity contribution in [3.8, 4) is 0 Å². The van der Waals surface area contributed by atoms with Crippen molar-refractivity contribution in [2.24, 2.45) is 11.8 Å². The lowest BCUT2D eigenvalue weighted by Crippen LogP contribution is -2.27. The first-order chi connectivity index (χ1) is 21.6. The van der Waals surface area contributed by atoms with Crippen molar-refractivity contribution in [2.45, 2.75) is 247 Å². The van der Waals surface area contributed by atoms with Crippen LogP contribution in [0.4, 0.5) is 0 Å². The normalized spacial score (nSPS) is 12.0. The maximum Gasteiger partial charge on any atom is -0.00187 e. The Hall–Kier alpha value is -0.0400. The summed E-state index contributed by atoms with van der Waals surface area (Å²) in [5.74, 6) is 1.78. The zero-order valence-electron chi connectivity index (χ0n) is 32.1. The van der Waals surface area contributed by atoms with Crippen molar-refractivity contribution < 1.29 is 0 Å².